The molecule has 0 aliphatic carbocycles. The Bertz CT molecular complexity index is 529. The van der Waals surface area contributed by atoms with Gasteiger partial charge in [-0.2, -0.15) is 0 Å². The van der Waals surface area contributed by atoms with Crippen molar-refractivity contribution in [1.29, 1.82) is 0 Å². The second-order valence-electron chi connectivity index (χ2n) is 5.83. The van der Waals surface area contributed by atoms with Crippen LogP contribution in [0.5, 0.6) is 0 Å². The van der Waals surface area contributed by atoms with Gasteiger partial charge >= 0.3 is 5.97 Å². The summed E-state index contributed by atoms with van der Waals surface area (Å²) in [7, 11) is 0. The number of esters is 1. The molecule has 128 valence electrons. The van der Waals surface area contributed by atoms with E-state index in [1.807, 2.05) is 13.0 Å². The molecule has 1 aromatic rings. The van der Waals surface area contributed by atoms with E-state index in [0.29, 0.717) is 23.7 Å². The van der Waals surface area contributed by atoms with Crippen LogP contribution in [0, 0.1) is 12.8 Å². The lowest BCUT2D eigenvalue weighted by molar-refractivity contribution is -0.124. The number of hydrogen-bond donors (Lipinski definition) is 2. The van der Waals surface area contributed by atoms with Gasteiger partial charge in [0.25, 0.3) is 5.91 Å². The highest BCUT2D eigenvalue weighted by atomic mass is 16.5. The molecule has 1 atom stereocenters. The van der Waals surface area contributed by atoms with Crippen molar-refractivity contribution in [2.75, 3.05) is 18.9 Å². The molecular formula is C18H28N2O3. The Labute approximate surface area is 138 Å². The average Bonchev–Trinajstić information content (AvgIpc) is 2.55. The quantitative estimate of drug-likeness (QED) is 0.541. The minimum Gasteiger partial charge on any atom is -0.452 e. The molecule has 1 aromatic carbocycles. The molecule has 1 amide bonds. The van der Waals surface area contributed by atoms with E-state index in [4.69, 9.17) is 10.5 Å². The van der Waals surface area contributed by atoms with E-state index < -0.39 is 5.97 Å². The monoisotopic (exact) mass is 320 g/mol. The molecule has 0 bridgehead atoms. The van der Waals surface area contributed by atoms with Crippen molar-refractivity contribution in [2.45, 2.75) is 46.5 Å². The first kappa shape index (κ1) is 19.0. The standard InChI is InChI=1S/C18H28N2O3/c1-4-6-9-14(5-2)11-20-16(21)12-23-18(22)15-10-7-8-13(3)17(15)19/h7-8,10,14H,4-6,9,11-12,19H2,1-3H3,(H,20,21)/t14-/m1/s1. The highest BCUT2D eigenvalue weighted by Gasteiger charge is 2.14. The second kappa shape index (κ2) is 9.87. The van der Waals surface area contributed by atoms with Crippen LogP contribution in [0.4, 0.5) is 5.69 Å². The first-order chi connectivity index (χ1) is 11.0. The number of para-hydroxylation sites is 1. The highest BCUT2D eigenvalue weighted by molar-refractivity contribution is 5.96. The first-order valence-corrected chi connectivity index (χ1v) is 8.28. The SMILES string of the molecule is CCCC[C@@H](CC)CNC(=O)COC(=O)c1cccc(C)c1N. The van der Waals surface area contributed by atoms with E-state index in [0.717, 1.165) is 31.2 Å². The largest absolute Gasteiger partial charge is 0.452 e. The number of aryl methyl sites for hydroxylation is 1. The molecule has 0 aromatic heterocycles. The molecule has 5 nitrogen and oxygen atoms in total. The Morgan fingerprint density at radius 1 is 1.30 bits per heavy atom. The van der Waals surface area contributed by atoms with Gasteiger partial charge in [-0.1, -0.05) is 45.2 Å². The third-order valence-electron chi connectivity index (χ3n) is 4.01. The van der Waals surface area contributed by atoms with Crippen molar-refractivity contribution in [3.05, 3.63) is 29.3 Å². The molecule has 0 radical (unpaired) electrons. The van der Waals surface area contributed by atoms with Crippen LogP contribution in [0.1, 0.15) is 55.5 Å². The minimum absolute atomic E-state index is 0.278. The molecule has 0 saturated carbocycles. The third kappa shape index (κ3) is 6.30. The van der Waals surface area contributed by atoms with Crippen molar-refractivity contribution >= 4 is 17.6 Å². The number of rotatable bonds is 9. The average molecular weight is 320 g/mol. The molecule has 0 spiro atoms. The number of ether oxygens (including phenoxy) is 1. The lowest BCUT2D eigenvalue weighted by Gasteiger charge is -2.15. The fraction of sp³-hybridized carbons (Fsp3) is 0.556. The summed E-state index contributed by atoms with van der Waals surface area (Å²) in [6, 6.07) is 5.16. The number of benzene rings is 1. The van der Waals surface area contributed by atoms with Crippen LogP contribution < -0.4 is 11.1 Å². The number of carbonyl (C=O) groups is 2. The van der Waals surface area contributed by atoms with Gasteiger partial charge in [0.15, 0.2) is 6.61 Å². The van der Waals surface area contributed by atoms with Gasteiger partial charge in [0.05, 0.1) is 5.56 Å². The smallest absolute Gasteiger partial charge is 0.340 e. The van der Waals surface area contributed by atoms with Crippen LogP contribution in [0.15, 0.2) is 18.2 Å². The maximum atomic E-state index is 12.0. The van der Waals surface area contributed by atoms with Crippen molar-refractivity contribution in [2.24, 2.45) is 5.92 Å². The molecule has 0 heterocycles. The van der Waals surface area contributed by atoms with Crippen LogP contribution in [0.3, 0.4) is 0 Å². The van der Waals surface area contributed by atoms with Gasteiger partial charge in [-0.15, -0.1) is 0 Å². The Kier molecular flexibility index (Phi) is 8.16. The second-order valence-corrected chi connectivity index (χ2v) is 5.83. The molecule has 0 unspecified atom stereocenters. The van der Waals surface area contributed by atoms with Gasteiger partial charge < -0.3 is 15.8 Å². The third-order valence-corrected chi connectivity index (χ3v) is 4.01. The van der Waals surface area contributed by atoms with Crippen molar-refractivity contribution < 1.29 is 14.3 Å². The Balaban J connectivity index is 2.40. The molecule has 3 N–H and O–H groups in total. The number of nitrogen functional groups attached to an aromatic ring is 1. The number of nitrogens with two attached hydrogens (primary N) is 1. The van der Waals surface area contributed by atoms with Gasteiger partial charge in [-0.25, -0.2) is 4.79 Å². The first-order valence-electron chi connectivity index (χ1n) is 8.28. The minimum atomic E-state index is -0.570. The number of amides is 1. The van der Waals surface area contributed by atoms with Crippen LogP contribution >= 0.6 is 0 Å². The van der Waals surface area contributed by atoms with Gasteiger partial charge in [-0.05, 0) is 30.9 Å². The molecule has 0 aliphatic rings. The van der Waals surface area contributed by atoms with E-state index in [1.54, 1.807) is 12.1 Å². The zero-order chi connectivity index (χ0) is 17.2. The Hall–Kier alpha value is -2.04. The van der Waals surface area contributed by atoms with E-state index >= 15 is 0 Å². The normalized spacial score (nSPS) is 11.8. The maximum Gasteiger partial charge on any atom is 0.340 e. The summed E-state index contributed by atoms with van der Waals surface area (Å²) in [6.45, 7) is 6.44. The fourth-order valence-electron chi connectivity index (χ4n) is 2.32. The Morgan fingerprint density at radius 3 is 2.70 bits per heavy atom. The summed E-state index contributed by atoms with van der Waals surface area (Å²) in [6.07, 6.45) is 4.45. The van der Waals surface area contributed by atoms with E-state index in [1.165, 1.54) is 0 Å². The lowest BCUT2D eigenvalue weighted by Crippen LogP contribution is -2.33. The zero-order valence-electron chi connectivity index (χ0n) is 14.4. The van der Waals surface area contributed by atoms with Gasteiger partial charge in [0.1, 0.15) is 0 Å². The summed E-state index contributed by atoms with van der Waals surface area (Å²) in [5, 5.41) is 2.83. The molecule has 23 heavy (non-hydrogen) atoms. The predicted octanol–water partition coefficient (Wildman–Crippen LogP) is 3.07. The fourth-order valence-corrected chi connectivity index (χ4v) is 2.32. The summed E-state index contributed by atoms with van der Waals surface area (Å²) in [5.74, 6) is -0.374. The van der Waals surface area contributed by atoms with Crippen LogP contribution in [0.25, 0.3) is 0 Å². The van der Waals surface area contributed by atoms with Gasteiger partial charge in [0, 0.05) is 12.2 Å². The number of unbranched alkanes of at least 4 members (excludes halogenated alkanes) is 1. The molecule has 0 aliphatic heterocycles. The van der Waals surface area contributed by atoms with Crippen LogP contribution in [-0.4, -0.2) is 25.0 Å². The number of hydrogen-bond acceptors (Lipinski definition) is 4. The number of nitrogens with one attached hydrogen (secondary N) is 1. The summed E-state index contributed by atoms with van der Waals surface area (Å²) in [5.41, 5.74) is 7.35. The zero-order valence-corrected chi connectivity index (χ0v) is 14.4. The van der Waals surface area contributed by atoms with Crippen molar-refractivity contribution in [3.63, 3.8) is 0 Å². The van der Waals surface area contributed by atoms with Crippen LogP contribution in [0.2, 0.25) is 0 Å². The molecule has 1 rings (SSSR count). The molecule has 0 saturated heterocycles. The van der Waals surface area contributed by atoms with Gasteiger partial charge in [-0.3, -0.25) is 4.79 Å². The van der Waals surface area contributed by atoms with E-state index in [2.05, 4.69) is 19.2 Å². The summed E-state index contributed by atoms with van der Waals surface area (Å²) < 4.78 is 5.04. The van der Waals surface area contributed by atoms with Crippen molar-refractivity contribution in [1.82, 2.24) is 5.32 Å². The van der Waals surface area contributed by atoms with Crippen molar-refractivity contribution in [3.8, 4) is 0 Å². The molecule has 0 fully saturated rings. The molecule has 5 heteroatoms. The number of anilines is 1. The van der Waals surface area contributed by atoms with Gasteiger partial charge in [0.2, 0.25) is 0 Å². The topological polar surface area (TPSA) is 81.4 Å². The Morgan fingerprint density at radius 2 is 2.04 bits per heavy atom. The van der Waals surface area contributed by atoms with E-state index in [-0.39, 0.29) is 12.5 Å². The maximum absolute atomic E-state index is 12.0. The predicted molar refractivity (Wildman–Crippen MR) is 92.2 cm³/mol. The summed E-state index contributed by atoms with van der Waals surface area (Å²) >= 11 is 0. The lowest BCUT2D eigenvalue weighted by atomic mass is 9.99. The van der Waals surface area contributed by atoms with Crippen LogP contribution in [-0.2, 0) is 9.53 Å². The van der Waals surface area contributed by atoms with E-state index in [9.17, 15) is 9.59 Å². The highest BCUT2D eigenvalue weighted by Crippen LogP contribution is 2.17. The molecular weight excluding hydrogens is 292 g/mol. The number of carbonyl (C=O) groups excluding carboxylic acids is 2. The summed E-state index contributed by atoms with van der Waals surface area (Å²) in [4.78, 5) is 23.8.